The maximum absolute atomic E-state index is 9.00. The van der Waals surface area contributed by atoms with Gasteiger partial charge < -0.3 is 10.2 Å². The molecular formula is C9H18O2. The van der Waals surface area contributed by atoms with Crippen LogP contribution in [0.3, 0.4) is 0 Å². The molecule has 0 aromatic rings. The van der Waals surface area contributed by atoms with Crippen LogP contribution < -0.4 is 0 Å². The molecule has 0 heterocycles. The Morgan fingerprint density at radius 2 is 1.73 bits per heavy atom. The van der Waals surface area contributed by atoms with Gasteiger partial charge in [-0.05, 0) is 30.6 Å². The van der Waals surface area contributed by atoms with Gasteiger partial charge in [0.2, 0.25) is 0 Å². The van der Waals surface area contributed by atoms with Crippen LogP contribution in [-0.4, -0.2) is 23.4 Å². The molecule has 11 heavy (non-hydrogen) atoms. The fourth-order valence-corrected chi connectivity index (χ4v) is 2.03. The Kier molecular flexibility index (Phi) is 3.34. The molecule has 3 atom stereocenters. The van der Waals surface area contributed by atoms with E-state index < -0.39 is 0 Å². The highest BCUT2D eigenvalue weighted by atomic mass is 16.3. The first-order valence-corrected chi connectivity index (χ1v) is 4.49. The fraction of sp³-hybridized carbons (Fsp3) is 1.00. The third kappa shape index (κ3) is 2.17. The van der Waals surface area contributed by atoms with Gasteiger partial charge in [0.25, 0.3) is 0 Å². The summed E-state index contributed by atoms with van der Waals surface area (Å²) in [7, 11) is 0. The van der Waals surface area contributed by atoms with Gasteiger partial charge in [-0.15, -0.1) is 0 Å². The summed E-state index contributed by atoms with van der Waals surface area (Å²) in [6, 6.07) is 0. The number of aliphatic hydroxyl groups is 2. The Morgan fingerprint density at radius 3 is 2.27 bits per heavy atom. The minimum atomic E-state index is 0.246. The van der Waals surface area contributed by atoms with Crippen LogP contribution >= 0.6 is 0 Å². The summed E-state index contributed by atoms with van der Waals surface area (Å²) in [6.07, 6.45) is 3.38. The van der Waals surface area contributed by atoms with Gasteiger partial charge in [0.05, 0.1) is 0 Å². The zero-order chi connectivity index (χ0) is 8.27. The van der Waals surface area contributed by atoms with Crippen LogP contribution in [0, 0.1) is 17.8 Å². The highest BCUT2D eigenvalue weighted by molar-refractivity contribution is 4.77. The van der Waals surface area contributed by atoms with Crippen molar-refractivity contribution >= 4 is 0 Å². The lowest BCUT2D eigenvalue weighted by atomic mass is 9.75. The summed E-state index contributed by atoms with van der Waals surface area (Å²) in [4.78, 5) is 0. The van der Waals surface area contributed by atoms with Gasteiger partial charge >= 0.3 is 0 Å². The van der Waals surface area contributed by atoms with Crippen molar-refractivity contribution in [3.05, 3.63) is 0 Å². The molecule has 0 amide bonds. The first-order valence-electron chi connectivity index (χ1n) is 4.49. The van der Waals surface area contributed by atoms with Crippen LogP contribution in [0.15, 0.2) is 0 Å². The molecule has 0 aliphatic heterocycles. The topological polar surface area (TPSA) is 40.5 Å². The van der Waals surface area contributed by atoms with Crippen molar-refractivity contribution in [1.82, 2.24) is 0 Å². The monoisotopic (exact) mass is 158 g/mol. The van der Waals surface area contributed by atoms with Gasteiger partial charge in [-0.25, -0.2) is 0 Å². The third-order valence-corrected chi connectivity index (χ3v) is 2.87. The van der Waals surface area contributed by atoms with E-state index in [1.165, 1.54) is 6.42 Å². The smallest absolute Gasteiger partial charge is 0.0462 e. The molecule has 0 aromatic heterocycles. The summed E-state index contributed by atoms with van der Waals surface area (Å²) < 4.78 is 0. The number of rotatable bonds is 2. The van der Waals surface area contributed by atoms with E-state index in [4.69, 9.17) is 10.2 Å². The lowest BCUT2D eigenvalue weighted by Crippen LogP contribution is -2.28. The van der Waals surface area contributed by atoms with Gasteiger partial charge in [0, 0.05) is 13.2 Å². The summed E-state index contributed by atoms with van der Waals surface area (Å²) in [5.41, 5.74) is 0. The van der Waals surface area contributed by atoms with Gasteiger partial charge in [0.1, 0.15) is 0 Å². The molecule has 1 aliphatic rings. The largest absolute Gasteiger partial charge is 0.396 e. The molecular weight excluding hydrogens is 140 g/mol. The third-order valence-electron chi connectivity index (χ3n) is 2.87. The summed E-state index contributed by atoms with van der Waals surface area (Å²) in [6.45, 7) is 2.71. The first-order chi connectivity index (χ1) is 5.27. The minimum absolute atomic E-state index is 0.246. The maximum Gasteiger partial charge on any atom is 0.0462 e. The van der Waals surface area contributed by atoms with Gasteiger partial charge in [0.15, 0.2) is 0 Å². The second kappa shape index (κ2) is 4.07. The van der Waals surface area contributed by atoms with Gasteiger partial charge in [-0.1, -0.05) is 13.3 Å². The summed E-state index contributed by atoms with van der Waals surface area (Å²) in [5, 5.41) is 18.0. The predicted octanol–water partition coefficient (Wildman–Crippen LogP) is 1.02. The van der Waals surface area contributed by atoms with Crippen molar-refractivity contribution < 1.29 is 10.2 Å². The lowest BCUT2D eigenvalue weighted by Gasteiger charge is -2.32. The molecule has 0 saturated heterocycles. The van der Waals surface area contributed by atoms with Gasteiger partial charge in [-0.3, -0.25) is 0 Å². The van der Waals surface area contributed by atoms with Crippen molar-refractivity contribution in [3.63, 3.8) is 0 Å². The molecule has 1 saturated carbocycles. The average molecular weight is 158 g/mol. The zero-order valence-electron chi connectivity index (χ0n) is 7.16. The molecule has 2 nitrogen and oxygen atoms in total. The molecule has 0 radical (unpaired) electrons. The van der Waals surface area contributed by atoms with Crippen LogP contribution in [0.4, 0.5) is 0 Å². The number of aliphatic hydroxyl groups excluding tert-OH is 2. The van der Waals surface area contributed by atoms with Crippen molar-refractivity contribution in [2.75, 3.05) is 13.2 Å². The van der Waals surface area contributed by atoms with E-state index in [0.29, 0.717) is 11.8 Å². The Morgan fingerprint density at radius 1 is 1.09 bits per heavy atom. The molecule has 1 rings (SSSR count). The van der Waals surface area contributed by atoms with Crippen molar-refractivity contribution in [2.45, 2.75) is 26.2 Å². The molecule has 1 aliphatic carbocycles. The second-order valence-corrected chi connectivity index (χ2v) is 3.80. The molecule has 2 N–H and O–H groups in total. The van der Waals surface area contributed by atoms with E-state index in [2.05, 4.69) is 6.92 Å². The van der Waals surface area contributed by atoms with Crippen molar-refractivity contribution in [1.29, 1.82) is 0 Å². The average Bonchev–Trinajstić information content (AvgIpc) is 2.04. The SMILES string of the molecule is C[C@@H]1CC[C@@H](CO)[C@@H](CO)C1. The minimum Gasteiger partial charge on any atom is -0.396 e. The zero-order valence-corrected chi connectivity index (χ0v) is 7.16. The lowest BCUT2D eigenvalue weighted by molar-refractivity contribution is 0.0686. The Balaban J connectivity index is 2.41. The van der Waals surface area contributed by atoms with Crippen LogP contribution in [0.5, 0.6) is 0 Å². The molecule has 1 fully saturated rings. The molecule has 0 aromatic carbocycles. The van der Waals surface area contributed by atoms with E-state index in [1.807, 2.05) is 0 Å². The molecule has 0 unspecified atom stereocenters. The van der Waals surface area contributed by atoms with Gasteiger partial charge in [-0.2, -0.15) is 0 Å². The highest BCUT2D eigenvalue weighted by Gasteiger charge is 2.27. The van der Waals surface area contributed by atoms with Crippen LogP contribution in [-0.2, 0) is 0 Å². The Bertz CT molecular complexity index is 114. The van der Waals surface area contributed by atoms with Crippen LogP contribution in [0.25, 0.3) is 0 Å². The maximum atomic E-state index is 9.00. The van der Waals surface area contributed by atoms with E-state index in [1.54, 1.807) is 0 Å². The molecule has 0 bridgehead atoms. The number of hydrogen-bond donors (Lipinski definition) is 2. The summed E-state index contributed by atoms with van der Waals surface area (Å²) in [5.74, 6) is 1.44. The van der Waals surface area contributed by atoms with Crippen molar-refractivity contribution in [2.24, 2.45) is 17.8 Å². The van der Waals surface area contributed by atoms with E-state index >= 15 is 0 Å². The standard InChI is InChI=1S/C9H18O2/c1-7-2-3-8(5-10)9(4-7)6-11/h7-11H,2-6H2,1H3/t7-,8+,9-/m1/s1. The Hall–Kier alpha value is -0.0800. The predicted molar refractivity (Wildman–Crippen MR) is 44.2 cm³/mol. The second-order valence-electron chi connectivity index (χ2n) is 3.80. The quantitative estimate of drug-likeness (QED) is 0.630. The van der Waals surface area contributed by atoms with E-state index in [9.17, 15) is 0 Å². The Labute approximate surface area is 68.2 Å². The molecule has 0 spiro atoms. The summed E-state index contributed by atoms with van der Waals surface area (Å²) >= 11 is 0. The van der Waals surface area contributed by atoms with E-state index in [-0.39, 0.29) is 13.2 Å². The normalized spacial score (nSPS) is 39.0. The first kappa shape index (κ1) is 9.01. The fourth-order valence-electron chi connectivity index (χ4n) is 2.03. The highest BCUT2D eigenvalue weighted by Crippen LogP contribution is 2.32. The number of hydrogen-bond acceptors (Lipinski definition) is 2. The van der Waals surface area contributed by atoms with Crippen LogP contribution in [0.2, 0.25) is 0 Å². The molecule has 66 valence electrons. The van der Waals surface area contributed by atoms with E-state index in [0.717, 1.165) is 18.8 Å². The van der Waals surface area contributed by atoms with Crippen molar-refractivity contribution in [3.8, 4) is 0 Å². The molecule has 2 heteroatoms. The van der Waals surface area contributed by atoms with Crippen LogP contribution in [0.1, 0.15) is 26.2 Å².